The fourth-order valence-corrected chi connectivity index (χ4v) is 3.60. The molecular weight excluding hydrogens is 354 g/mol. The van der Waals surface area contributed by atoms with Gasteiger partial charge in [-0.25, -0.2) is 13.1 Å². The van der Waals surface area contributed by atoms with Crippen LogP contribution in [0.2, 0.25) is 5.02 Å². The van der Waals surface area contributed by atoms with Gasteiger partial charge in [0.15, 0.2) is 0 Å². The molecule has 2 rings (SSSR count). The molecule has 124 valence electrons. The van der Waals surface area contributed by atoms with Crippen LogP contribution < -0.4 is 9.46 Å². The van der Waals surface area contributed by atoms with Gasteiger partial charge in [-0.3, -0.25) is 0 Å². The van der Waals surface area contributed by atoms with Crippen LogP contribution in [0.5, 0.6) is 5.75 Å². The highest BCUT2D eigenvalue weighted by molar-refractivity contribution is 7.98. The molecule has 0 aliphatic rings. The second-order valence-corrected chi connectivity index (χ2v) is 7.91. The highest BCUT2D eigenvalue weighted by Gasteiger charge is 2.13. The van der Waals surface area contributed by atoms with Gasteiger partial charge in [-0.15, -0.1) is 11.8 Å². The molecule has 0 spiro atoms. The summed E-state index contributed by atoms with van der Waals surface area (Å²) in [6.45, 7) is 2.32. The zero-order valence-corrected chi connectivity index (χ0v) is 15.3. The number of thioether (sulfide) groups is 1. The Balaban J connectivity index is 1.89. The second kappa shape index (κ2) is 8.06. The Hall–Kier alpha value is -1.21. The van der Waals surface area contributed by atoms with Gasteiger partial charge >= 0.3 is 0 Å². The van der Waals surface area contributed by atoms with Crippen molar-refractivity contribution in [1.29, 1.82) is 0 Å². The average molecular weight is 372 g/mol. The molecule has 7 heteroatoms. The molecule has 0 amide bonds. The van der Waals surface area contributed by atoms with Gasteiger partial charge in [0.25, 0.3) is 0 Å². The molecule has 2 aromatic rings. The van der Waals surface area contributed by atoms with Crippen molar-refractivity contribution in [2.75, 3.05) is 19.4 Å². The predicted molar refractivity (Wildman–Crippen MR) is 95.1 cm³/mol. The minimum Gasteiger partial charge on any atom is -0.492 e. The number of aryl methyl sites for hydroxylation is 1. The van der Waals surface area contributed by atoms with Gasteiger partial charge in [0, 0.05) is 16.5 Å². The first-order valence-electron chi connectivity index (χ1n) is 6.95. The van der Waals surface area contributed by atoms with Crippen molar-refractivity contribution >= 4 is 33.4 Å². The fraction of sp³-hybridized carbons (Fsp3) is 0.250. The molecule has 0 fully saturated rings. The summed E-state index contributed by atoms with van der Waals surface area (Å²) in [7, 11) is -3.52. The third-order valence-corrected chi connectivity index (χ3v) is 5.61. The number of hydrogen-bond donors (Lipinski definition) is 1. The molecular formula is C16H18ClNO3S2. The lowest BCUT2D eigenvalue weighted by molar-refractivity contribution is 0.320. The van der Waals surface area contributed by atoms with Crippen molar-refractivity contribution in [2.45, 2.75) is 16.7 Å². The maximum Gasteiger partial charge on any atom is 0.240 e. The van der Waals surface area contributed by atoms with E-state index in [0.29, 0.717) is 10.8 Å². The molecule has 0 unspecified atom stereocenters. The standard InChI is InChI=1S/C16H18ClNO3S2/c1-12-11-13(17)3-8-16(12)21-10-9-18-23(19,20)15-6-4-14(22-2)5-7-15/h3-8,11,18H,9-10H2,1-2H3. The topological polar surface area (TPSA) is 55.4 Å². The quantitative estimate of drug-likeness (QED) is 0.595. The summed E-state index contributed by atoms with van der Waals surface area (Å²) in [6, 6.07) is 12.1. The number of nitrogens with one attached hydrogen (secondary N) is 1. The predicted octanol–water partition coefficient (Wildman–Crippen LogP) is 3.73. The molecule has 0 saturated carbocycles. The zero-order valence-electron chi connectivity index (χ0n) is 12.9. The SMILES string of the molecule is CSc1ccc(S(=O)(=O)NCCOc2ccc(Cl)cc2C)cc1. The molecule has 0 bridgehead atoms. The molecule has 0 aromatic heterocycles. The molecule has 2 aromatic carbocycles. The number of hydrogen-bond acceptors (Lipinski definition) is 4. The summed E-state index contributed by atoms with van der Waals surface area (Å²) in [5.74, 6) is 0.693. The number of ether oxygens (including phenoxy) is 1. The van der Waals surface area contributed by atoms with Crippen LogP contribution in [0.4, 0.5) is 0 Å². The molecule has 1 N–H and O–H groups in total. The van der Waals surface area contributed by atoms with Crippen molar-refractivity contribution in [1.82, 2.24) is 4.72 Å². The monoisotopic (exact) mass is 371 g/mol. The van der Waals surface area contributed by atoms with Gasteiger partial charge in [-0.2, -0.15) is 0 Å². The molecule has 0 aliphatic carbocycles. The van der Waals surface area contributed by atoms with E-state index in [2.05, 4.69) is 4.72 Å². The first-order valence-corrected chi connectivity index (χ1v) is 10.0. The number of benzene rings is 2. The van der Waals surface area contributed by atoms with E-state index in [1.165, 1.54) is 0 Å². The van der Waals surface area contributed by atoms with E-state index in [1.54, 1.807) is 54.2 Å². The third kappa shape index (κ3) is 5.14. The molecule has 4 nitrogen and oxygen atoms in total. The minimum atomic E-state index is -3.52. The normalized spacial score (nSPS) is 11.4. The summed E-state index contributed by atoms with van der Waals surface area (Å²) < 4.78 is 32.4. The van der Waals surface area contributed by atoms with Crippen LogP contribution in [0.25, 0.3) is 0 Å². The minimum absolute atomic E-state index is 0.189. The van der Waals surface area contributed by atoms with Crippen LogP contribution in [0.1, 0.15) is 5.56 Å². The van der Waals surface area contributed by atoms with Crippen LogP contribution in [0.3, 0.4) is 0 Å². The van der Waals surface area contributed by atoms with E-state index < -0.39 is 10.0 Å². The summed E-state index contributed by atoms with van der Waals surface area (Å²) >= 11 is 7.44. The Kier molecular flexibility index (Phi) is 6.35. The highest BCUT2D eigenvalue weighted by Crippen LogP contribution is 2.21. The zero-order chi connectivity index (χ0) is 16.9. The maximum absolute atomic E-state index is 12.2. The summed E-state index contributed by atoms with van der Waals surface area (Å²) in [6.07, 6.45) is 1.94. The summed E-state index contributed by atoms with van der Waals surface area (Å²) in [5.41, 5.74) is 0.910. The lowest BCUT2D eigenvalue weighted by atomic mass is 10.2. The molecule has 0 aliphatic heterocycles. The Labute approximate surface area is 146 Å². The van der Waals surface area contributed by atoms with E-state index in [-0.39, 0.29) is 18.0 Å². The fourth-order valence-electron chi connectivity index (χ4n) is 1.95. The van der Waals surface area contributed by atoms with Crippen molar-refractivity contribution in [3.05, 3.63) is 53.1 Å². The Morgan fingerprint density at radius 2 is 1.87 bits per heavy atom. The lowest BCUT2D eigenvalue weighted by Crippen LogP contribution is -2.28. The number of halogens is 1. The number of rotatable bonds is 7. The average Bonchev–Trinajstić information content (AvgIpc) is 2.53. The van der Waals surface area contributed by atoms with Crippen LogP contribution in [0, 0.1) is 6.92 Å². The number of sulfonamides is 1. The van der Waals surface area contributed by atoms with Gasteiger partial charge in [0.1, 0.15) is 12.4 Å². The summed E-state index contributed by atoms with van der Waals surface area (Å²) in [4.78, 5) is 1.27. The van der Waals surface area contributed by atoms with Crippen LogP contribution in [-0.4, -0.2) is 27.8 Å². The van der Waals surface area contributed by atoms with E-state index >= 15 is 0 Å². The first-order chi connectivity index (χ1) is 10.9. The van der Waals surface area contributed by atoms with E-state index in [0.717, 1.165) is 10.5 Å². The Morgan fingerprint density at radius 3 is 2.48 bits per heavy atom. The van der Waals surface area contributed by atoms with E-state index in [1.807, 2.05) is 13.2 Å². The lowest BCUT2D eigenvalue weighted by Gasteiger charge is -2.11. The van der Waals surface area contributed by atoms with Gasteiger partial charge in [0.05, 0.1) is 4.90 Å². The Bertz CT molecular complexity index is 761. The van der Waals surface area contributed by atoms with Crippen molar-refractivity contribution in [3.63, 3.8) is 0 Å². The van der Waals surface area contributed by atoms with Crippen molar-refractivity contribution in [2.24, 2.45) is 0 Å². The first kappa shape index (κ1) is 18.1. The van der Waals surface area contributed by atoms with Crippen LogP contribution in [-0.2, 0) is 10.0 Å². The smallest absolute Gasteiger partial charge is 0.240 e. The highest BCUT2D eigenvalue weighted by atomic mass is 35.5. The largest absolute Gasteiger partial charge is 0.492 e. The van der Waals surface area contributed by atoms with Gasteiger partial charge in [-0.1, -0.05) is 11.6 Å². The molecule has 0 saturated heterocycles. The van der Waals surface area contributed by atoms with Gasteiger partial charge in [0.2, 0.25) is 10.0 Å². The Morgan fingerprint density at radius 1 is 1.17 bits per heavy atom. The van der Waals surface area contributed by atoms with Gasteiger partial charge in [-0.05, 0) is 61.2 Å². The van der Waals surface area contributed by atoms with Crippen LogP contribution in [0.15, 0.2) is 52.3 Å². The second-order valence-electron chi connectivity index (χ2n) is 4.83. The molecule has 0 atom stereocenters. The van der Waals surface area contributed by atoms with Crippen LogP contribution >= 0.6 is 23.4 Å². The summed E-state index contributed by atoms with van der Waals surface area (Å²) in [5, 5.41) is 0.643. The maximum atomic E-state index is 12.2. The third-order valence-electron chi connectivity index (χ3n) is 3.16. The van der Waals surface area contributed by atoms with Crippen molar-refractivity contribution < 1.29 is 13.2 Å². The van der Waals surface area contributed by atoms with Crippen molar-refractivity contribution in [3.8, 4) is 5.75 Å². The van der Waals surface area contributed by atoms with Gasteiger partial charge < -0.3 is 4.74 Å². The molecule has 23 heavy (non-hydrogen) atoms. The van der Waals surface area contributed by atoms with E-state index in [4.69, 9.17) is 16.3 Å². The molecule has 0 radical (unpaired) electrons. The molecule has 0 heterocycles. The van der Waals surface area contributed by atoms with E-state index in [9.17, 15) is 8.42 Å².